The van der Waals surface area contributed by atoms with Gasteiger partial charge in [-0.1, -0.05) is 40.2 Å². The summed E-state index contributed by atoms with van der Waals surface area (Å²) in [5, 5.41) is 0. The van der Waals surface area contributed by atoms with Crippen LogP contribution < -0.4 is 4.74 Å². The maximum absolute atomic E-state index is 5.18. The van der Waals surface area contributed by atoms with Crippen molar-refractivity contribution in [2.45, 2.75) is 0 Å². The Balaban J connectivity index is 1.91. The molecule has 0 saturated heterocycles. The van der Waals surface area contributed by atoms with Gasteiger partial charge in [0.2, 0.25) is 0 Å². The monoisotopic (exact) mass is 327 g/mol. The number of nitrogens with one attached hydrogen (secondary N) is 1. The van der Waals surface area contributed by atoms with E-state index in [1.807, 2.05) is 30.5 Å². The Kier molecular flexibility index (Phi) is 3.61. The molecule has 3 heteroatoms. The van der Waals surface area contributed by atoms with Gasteiger partial charge in [-0.15, -0.1) is 0 Å². The lowest BCUT2D eigenvalue weighted by Gasteiger charge is -2.01. The van der Waals surface area contributed by atoms with E-state index in [1.54, 1.807) is 7.11 Å². The minimum atomic E-state index is 0.873. The van der Waals surface area contributed by atoms with Crippen LogP contribution in [0.5, 0.6) is 5.75 Å². The fourth-order valence-corrected chi connectivity index (χ4v) is 2.40. The molecule has 1 N–H and O–H groups in total. The SMILES string of the molecule is COc1ccc(-c2c[nH]c(-c3ccc(Br)cc3)c2)cc1. The zero-order chi connectivity index (χ0) is 13.9. The lowest BCUT2D eigenvalue weighted by molar-refractivity contribution is 0.415. The summed E-state index contributed by atoms with van der Waals surface area (Å²) >= 11 is 3.45. The number of hydrogen-bond acceptors (Lipinski definition) is 1. The third-order valence-electron chi connectivity index (χ3n) is 3.26. The van der Waals surface area contributed by atoms with Gasteiger partial charge in [-0.2, -0.15) is 0 Å². The molecule has 0 aliphatic heterocycles. The molecule has 0 atom stereocenters. The topological polar surface area (TPSA) is 25.0 Å². The van der Waals surface area contributed by atoms with Gasteiger partial charge >= 0.3 is 0 Å². The van der Waals surface area contributed by atoms with Crippen LogP contribution in [0, 0.1) is 0 Å². The van der Waals surface area contributed by atoms with Crippen molar-refractivity contribution < 1.29 is 4.74 Å². The molecule has 2 nitrogen and oxygen atoms in total. The van der Waals surface area contributed by atoms with Crippen LogP contribution >= 0.6 is 15.9 Å². The third kappa shape index (κ3) is 2.63. The smallest absolute Gasteiger partial charge is 0.118 e. The average Bonchev–Trinajstić information content (AvgIpc) is 2.98. The van der Waals surface area contributed by atoms with Crippen molar-refractivity contribution in [1.29, 1.82) is 0 Å². The summed E-state index contributed by atoms with van der Waals surface area (Å²) in [6.45, 7) is 0. The average molecular weight is 328 g/mol. The Morgan fingerprint density at radius 3 is 2.15 bits per heavy atom. The number of aromatic nitrogens is 1. The maximum atomic E-state index is 5.18. The van der Waals surface area contributed by atoms with Crippen LogP contribution in [-0.2, 0) is 0 Å². The molecule has 0 spiro atoms. The van der Waals surface area contributed by atoms with Gasteiger partial charge in [0.25, 0.3) is 0 Å². The number of rotatable bonds is 3. The first-order chi connectivity index (χ1) is 9.76. The van der Waals surface area contributed by atoms with Gasteiger partial charge in [0.1, 0.15) is 5.75 Å². The van der Waals surface area contributed by atoms with E-state index in [2.05, 4.69) is 51.2 Å². The fraction of sp³-hybridized carbons (Fsp3) is 0.0588. The molecule has 0 fully saturated rings. The van der Waals surface area contributed by atoms with Gasteiger partial charge in [-0.05, 0) is 47.0 Å². The highest BCUT2D eigenvalue weighted by Crippen LogP contribution is 2.27. The molecule has 3 aromatic rings. The summed E-state index contributed by atoms with van der Waals surface area (Å²) in [4.78, 5) is 3.32. The molecule has 1 aromatic heterocycles. The van der Waals surface area contributed by atoms with E-state index in [0.29, 0.717) is 0 Å². The van der Waals surface area contributed by atoms with Gasteiger partial charge < -0.3 is 9.72 Å². The van der Waals surface area contributed by atoms with Crippen molar-refractivity contribution in [2.24, 2.45) is 0 Å². The van der Waals surface area contributed by atoms with Gasteiger partial charge in [-0.25, -0.2) is 0 Å². The Morgan fingerprint density at radius 1 is 0.850 bits per heavy atom. The Bertz CT molecular complexity index is 699. The number of aromatic amines is 1. The van der Waals surface area contributed by atoms with Crippen LogP contribution in [0.15, 0.2) is 65.3 Å². The second-order valence-corrected chi connectivity index (χ2v) is 5.45. The summed E-state index contributed by atoms with van der Waals surface area (Å²) < 4.78 is 6.26. The summed E-state index contributed by atoms with van der Waals surface area (Å²) in [5.41, 5.74) is 4.63. The standard InChI is InChI=1S/C17H14BrNO/c1-20-16-8-4-12(5-9-16)14-10-17(19-11-14)13-2-6-15(18)7-3-13/h2-11,19H,1H3. The molecule has 3 rings (SSSR count). The summed E-state index contributed by atoms with van der Waals surface area (Å²) in [5.74, 6) is 0.873. The van der Waals surface area contributed by atoms with Gasteiger partial charge in [0, 0.05) is 16.4 Å². The van der Waals surface area contributed by atoms with Crippen molar-refractivity contribution in [3.63, 3.8) is 0 Å². The van der Waals surface area contributed by atoms with Crippen LogP contribution in [0.25, 0.3) is 22.4 Å². The molecule has 0 aliphatic rings. The molecule has 100 valence electrons. The third-order valence-corrected chi connectivity index (χ3v) is 3.79. The van der Waals surface area contributed by atoms with Gasteiger partial charge in [0.15, 0.2) is 0 Å². The normalized spacial score (nSPS) is 10.5. The largest absolute Gasteiger partial charge is 0.497 e. The molecule has 0 saturated carbocycles. The molecule has 0 radical (unpaired) electrons. The number of ether oxygens (including phenoxy) is 1. The quantitative estimate of drug-likeness (QED) is 0.709. The molecule has 0 amide bonds. The molecule has 20 heavy (non-hydrogen) atoms. The van der Waals surface area contributed by atoms with E-state index in [0.717, 1.165) is 15.9 Å². The predicted molar refractivity (Wildman–Crippen MR) is 85.9 cm³/mol. The highest BCUT2D eigenvalue weighted by molar-refractivity contribution is 9.10. The second-order valence-electron chi connectivity index (χ2n) is 4.54. The first kappa shape index (κ1) is 13.0. The molecular weight excluding hydrogens is 314 g/mol. The highest BCUT2D eigenvalue weighted by Gasteiger charge is 2.04. The number of hydrogen-bond donors (Lipinski definition) is 1. The second kappa shape index (κ2) is 5.55. The molecule has 0 unspecified atom stereocenters. The Labute approximate surface area is 126 Å². The van der Waals surface area contributed by atoms with Crippen molar-refractivity contribution in [1.82, 2.24) is 4.98 Å². The molecule has 0 aliphatic carbocycles. The Morgan fingerprint density at radius 2 is 1.50 bits per heavy atom. The van der Waals surface area contributed by atoms with E-state index < -0.39 is 0 Å². The zero-order valence-electron chi connectivity index (χ0n) is 11.1. The summed E-state index contributed by atoms with van der Waals surface area (Å²) in [7, 11) is 1.68. The number of benzene rings is 2. The van der Waals surface area contributed by atoms with Crippen LogP contribution in [0.2, 0.25) is 0 Å². The van der Waals surface area contributed by atoms with E-state index in [9.17, 15) is 0 Å². The maximum Gasteiger partial charge on any atom is 0.118 e. The van der Waals surface area contributed by atoms with Crippen LogP contribution in [0.4, 0.5) is 0 Å². The lowest BCUT2D eigenvalue weighted by Crippen LogP contribution is -1.81. The molecule has 2 aromatic carbocycles. The molecular formula is C17H14BrNO. The molecule has 0 bridgehead atoms. The summed E-state index contributed by atoms with van der Waals surface area (Å²) in [6, 6.07) is 18.5. The number of halogens is 1. The van der Waals surface area contributed by atoms with E-state index in [4.69, 9.17) is 4.74 Å². The van der Waals surface area contributed by atoms with E-state index in [-0.39, 0.29) is 0 Å². The first-order valence-corrected chi connectivity index (χ1v) is 7.14. The van der Waals surface area contributed by atoms with Gasteiger partial charge in [-0.3, -0.25) is 0 Å². The predicted octanol–water partition coefficient (Wildman–Crippen LogP) is 5.12. The van der Waals surface area contributed by atoms with E-state index >= 15 is 0 Å². The van der Waals surface area contributed by atoms with E-state index in [1.165, 1.54) is 16.7 Å². The first-order valence-electron chi connectivity index (χ1n) is 6.35. The zero-order valence-corrected chi connectivity index (χ0v) is 12.6. The summed E-state index contributed by atoms with van der Waals surface area (Å²) in [6.07, 6.45) is 2.03. The fourth-order valence-electron chi connectivity index (χ4n) is 2.14. The Hall–Kier alpha value is -2.00. The van der Waals surface area contributed by atoms with Crippen molar-refractivity contribution >= 4 is 15.9 Å². The van der Waals surface area contributed by atoms with Crippen molar-refractivity contribution in [2.75, 3.05) is 7.11 Å². The number of H-pyrrole nitrogens is 1. The minimum absolute atomic E-state index is 0.873. The molecule has 1 heterocycles. The van der Waals surface area contributed by atoms with Crippen LogP contribution in [-0.4, -0.2) is 12.1 Å². The van der Waals surface area contributed by atoms with Crippen molar-refractivity contribution in [3.05, 3.63) is 65.3 Å². The number of methoxy groups -OCH3 is 1. The van der Waals surface area contributed by atoms with Gasteiger partial charge in [0.05, 0.1) is 7.11 Å². The lowest BCUT2D eigenvalue weighted by atomic mass is 10.1. The minimum Gasteiger partial charge on any atom is -0.497 e. The van der Waals surface area contributed by atoms with Crippen molar-refractivity contribution in [3.8, 4) is 28.1 Å². The highest BCUT2D eigenvalue weighted by atomic mass is 79.9. The van der Waals surface area contributed by atoms with Crippen LogP contribution in [0.3, 0.4) is 0 Å². The van der Waals surface area contributed by atoms with Crippen LogP contribution in [0.1, 0.15) is 0 Å².